The number of nitrogens with one attached hydrogen (secondary N) is 2. The molecule has 0 aliphatic carbocycles. The molecule has 0 aromatic heterocycles. The number of para-hydroxylation sites is 1. The van der Waals surface area contributed by atoms with E-state index < -0.39 is 20.8 Å². The molecular formula is C14H22N2O3S2. The minimum absolute atomic E-state index is 0.185. The summed E-state index contributed by atoms with van der Waals surface area (Å²) in [5.74, 6) is 1.36. The summed E-state index contributed by atoms with van der Waals surface area (Å²) in [6.07, 6.45) is 2.37. The molecule has 2 rings (SSSR count). The number of hydrogen-bond acceptors (Lipinski definition) is 4. The third-order valence-corrected chi connectivity index (χ3v) is 6.37. The van der Waals surface area contributed by atoms with Crippen LogP contribution in [0.3, 0.4) is 0 Å². The third-order valence-electron chi connectivity index (χ3n) is 3.47. The Morgan fingerprint density at radius 3 is 2.57 bits per heavy atom. The van der Waals surface area contributed by atoms with Crippen LogP contribution in [-0.4, -0.2) is 36.7 Å². The lowest BCUT2D eigenvalue weighted by Crippen LogP contribution is -2.31. The zero-order valence-electron chi connectivity index (χ0n) is 12.2. The van der Waals surface area contributed by atoms with Crippen LogP contribution in [0.2, 0.25) is 0 Å². The second kappa shape index (κ2) is 7.38. The molecule has 0 bridgehead atoms. The van der Waals surface area contributed by atoms with Crippen LogP contribution in [-0.2, 0) is 20.8 Å². The lowest BCUT2D eigenvalue weighted by molar-refractivity contribution is 0.580. The Morgan fingerprint density at radius 1 is 1.24 bits per heavy atom. The zero-order chi connectivity index (χ0) is 15.3. The van der Waals surface area contributed by atoms with Crippen molar-refractivity contribution in [3.8, 4) is 0 Å². The van der Waals surface area contributed by atoms with Gasteiger partial charge >= 0.3 is 0 Å². The summed E-state index contributed by atoms with van der Waals surface area (Å²) in [7, 11) is -4.20. The first-order chi connectivity index (χ1) is 10.0. The highest BCUT2D eigenvalue weighted by atomic mass is 32.2. The van der Waals surface area contributed by atoms with Gasteiger partial charge in [-0.1, -0.05) is 19.1 Å². The first-order valence-electron chi connectivity index (χ1n) is 7.23. The molecule has 1 aromatic carbocycles. The summed E-state index contributed by atoms with van der Waals surface area (Å²) in [5.41, 5.74) is 0.624. The van der Waals surface area contributed by atoms with E-state index in [2.05, 4.69) is 10.0 Å². The van der Waals surface area contributed by atoms with Crippen LogP contribution in [0.4, 0.5) is 5.69 Å². The first-order valence-corrected chi connectivity index (χ1v) is 10.2. The maximum Gasteiger partial charge on any atom is 0.242 e. The second-order valence-corrected chi connectivity index (χ2v) is 8.59. The molecule has 1 aliphatic heterocycles. The highest BCUT2D eigenvalue weighted by molar-refractivity contribution is 7.89. The Bertz CT molecular complexity index is 592. The average molecular weight is 330 g/mol. The van der Waals surface area contributed by atoms with E-state index in [-0.39, 0.29) is 10.9 Å². The molecule has 1 heterocycles. The van der Waals surface area contributed by atoms with Crippen molar-refractivity contribution in [3.63, 3.8) is 0 Å². The summed E-state index contributed by atoms with van der Waals surface area (Å²) in [6, 6.07) is 7.13. The van der Waals surface area contributed by atoms with Crippen molar-refractivity contribution in [2.24, 2.45) is 0 Å². The molecule has 1 saturated heterocycles. The predicted octanol–water partition coefficient (Wildman–Crippen LogP) is 1.70. The van der Waals surface area contributed by atoms with Crippen molar-refractivity contribution in [1.29, 1.82) is 0 Å². The van der Waals surface area contributed by atoms with Crippen LogP contribution in [0.5, 0.6) is 0 Å². The molecule has 0 saturated carbocycles. The summed E-state index contributed by atoms with van der Waals surface area (Å²) < 4.78 is 38.6. The van der Waals surface area contributed by atoms with E-state index in [0.29, 0.717) is 23.7 Å². The number of hydrogen-bond donors (Lipinski definition) is 2. The van der Waals surface area contributed by atoms with Gasteiger partial charge in [-0.15, -0.1) is 0 Å². The summed E-state index contributed by atoms with van der Waals surface area (Å²) in [4.78, 5) is 0.283. The van der Waals surface area contributed by atoms with Crippen LogP contribution in [0, 0.1) is 0 Å². The smallest absolute Gasteiger partial charge is 0.242 e. The summed E-state index contributed by atoms with van der Waals surface area (Å²) in [6.45, 7) is 2.36. The van der Waals surface area contributed by atoms with Crippen LogP contribution in [0.15, 0.2) is 29.2 Å². The van der Waals surface area contributed by atoms with Gasteiger partial charge < -0.3 is 5.32 Å². The highest BCUT2D eigenvalue weighted by Crippen LogP contribution is 2.24. The van der Waals surface area contributed by atoms with Gasteiger partial charge in [0.25, 0.3) is 0 Å². The van der Waals surface area contributed by atoms with Crippen LogP contribution in [0.25, 0.3) is 0 Å². The number of benzene rings is 1. The monoisotopic (exact) mass is 330 g/mol. The Morgan fingerprint density at radius 2 is 1.90 bits per heavy atom. The van der Waals surface area contributed by atoms with Gasteiger partial charge in [0.1, 0.15) is 4.90 Å². The van der Waals surface area contributed by atoms with Crippen LogP contribution >= 0.6 is 0 Å². The Kier molecular flexibility index (Phi) is 5.78. The van der Waals surface area contributed by atoms with Crippen LogP contribution in [0.1, 0.15) is 26.2 Å². The molecule has 0 amide bonds. The van der Waals surface area contributed by atoms with E-state index >= 15 is 0 Å². The van der Waals surface area contributed by atoms with Gasteiger partial charge in [0.15, 0.2) is 0 Å². The molecule has 0 spiro atoms. The molecule has 5 nitrogen and oxygen atoms in total. The van der Waals surface area contributed by atoms with E-state index in [1.807, 2.05) is 13.0 Å². The van der Waals surface area contributed by atoms with Crippen molar-refractivity contribution in [2.45, 2.75) is 37.1 Å². The van der Waals surface area contributed by atoms with Gasteiger partial charge in [0.05, 0.1) is 5.69 Å². The molecule has 1 aromatic rings. The largest absolute Gasteiger partial charge is 0.381 e. The van der Waals surface area contributed by atoms with Crippen molar-refractivity contribution in [3.05, 3.63) is 24.3 Å². The normalized spacial score (nSPS) is 22.9. The molecule has 1 fully saturated rings. The van der Waals surface area contributed by atoms with E-state index in [1.165, 1.54) is 0 Å². The topological polar surface area (TPSA) is 75.3 Å². The van der Waals surface area contributed by atoms with E-state index in [0.717, 1.165) is 19.3 Å². The van der Waals surface area contributed by atoms with Gasteiger partial charge in [0, 0.05) is 34.9 Å². The Balaban J connectivity index is 2.15. The Labute approximate surface area is 129 Å². The van der Waals surface area contributed by atoms with Gasteiger partial charge in [-0.05, 0) is 31.4 Å². The first kappa shape index (κ1) is 16.5. The van der Waals surface area contributed by atoms with Crippen molar-refractivity contribution in [1.82, 2.24) is 4.72 Å². The van der Waals surface area contributed by atoms with Gasteiger partial charge in [-0.2, -0.15) is 0 Å². The minimum atomic E-state index is -3.49. The molecule has 118 valence electrons. The van der Waals surface area contributed by atoms with E-state index in [4.69, 9.17) is 0 Å². The highest BCUT2D eigenvalue weighted by Gasteiger charge is 2.22. The number of rotatable bonds is 6. The zero-order valence-corrected chi connectivity index (χ0v) is 13.8. The maximum atomic E-state index is 12.3. The fraction of sp³-hybridized carbons (Fsp3) is 0.571. The molecule has 21 heavy (non-hydrogen) atoms. The molecule has 0 radical (unpaired) electrons. The molecule has 2 N–H and O–H groups in total. The minimum Gasteiger partial charge on any atom is -0.381 e. The fourth-order valence-corrected chi connectivity index (χ4v) is 4.89. The van der Waals surface area contributed by atoms with Crippen molar-refractivity contribution >= 4 is 26.5 Å². The lowest BCUT2D eigenvalue weighted by atomic mass is 10.1. The molecule has 0 unspecified atom stereocenters. The maximum absolute atomic E-state index is 12.3. The number of sulfonamides is 1. The molecule has 7 heteroatoms. The fourth-order valence-electron chi connectivity index (χ4n) is 2.29. The predicted molar refractivity (Wildman–Crippen MR) is 86.4 cm³/mol. The molecular weight excluding hydrogens is 308 g/mol. The molecule has 1 aliphatic rings. The lowest BCUT2D eigenvalue weighted by Gasteiger charge is -2.24. The summed E-state index contributed by atoms with van der Waals surface area (Å²) in [5, 5.41) is 3.30. The quantitative estimate of drug-likeness (QED) is 0.832. The van der Waals surface area contributed by atoms with Gasteiger partial charge in [0.2, 0.25) is 10.0 Å². The average Bonchev–Trinajstić information content (AvgIpc) is 2.48. The van der Waals surface area contributed by atoms with Gasteiger partial charge in [-0.25, -0.2) is 13.1 Å². The van der Waals surface area contributed by atoms with E-state index in [9.17, 15) is 12.6 Å². The van der Waals surface area contributed by atoms with E-state index in [1.54, 1.807) is 18.2 Å². The summed E-state index contributed by atoms with van der Waals surface area (Å²) >= 11 is 0. The van der Waals surface area contributed by atoms with Gasteiger partial charge in [-0.3, -0.25) is 4.21 Å². The Hall–Kier alpha value is -0.920. The van der Waals surface area contributed by atoms with Crippen molar-refractivity contribution in [2.75, 3.05) is 23.4 Å². The second-order valence-electron chi connectivity index (χ2n) is 5.16. The molecule has 0 atom stereocenters. The standard InChI is InChI=1S/C14H22N2O3S2/c1-2-9-15-21(18,19)14-6-4-3-5-13(14)16-12-7-10-20(17)11-8-12/h3-6,12,15-16H,2,7-11H2,1H3. The SMILES string of the molecule is CCCNS(=O)(=O)c1ccccc1NC1CCS(=O)CC1. The number of anilines is 1. The van der Waals surface area contributed by atoms with Crippen LogP contribution < -0.4 is 10.0 Å². The van der Waals surface area contributed by atoms with Crippen molar-refractivity contribution < 1.29 is 12.6 Å². The third kappa shape index (κ3) is 4.52.